The topological polar surface area (TPSA) is 59.9 Å². The number of aromatic nitrogens is 3. The lowest BCUT2D eigenvalue weighted by atomic mass is 10.1. The number of para-hydroxylation sites is 1. The highest BCUT2D eigenvalue weighted by molar-refractivity contribution is 5.81. The number of hydrogen-bond donors (Lipinski definition) is 1. The van der Waals surface area contributed by atoms with Gasteiger partial charge in [-0.05, 0) is 19.4 Å². The van der Waals surface area contributed by atoms with E-state index in [0.717, 1.165) is 47.5 Å². The van der Waals surface area contributed by atoms with Crippen LogP contribution in [-0.2, 0) is 6.61 Å². The Hall–Kier alpha value is -2.69. The van der Waals surface area contributed by atoms with E-state index < -0.39 is 0 Å². The third kappa shape index (κ3) is 4.66. The average molecular weight is 338 g/mol. The Balaban J connectivity index is 0.00000225. The van der Waals surface area contributed by atoms with Crippen LogP contribution in [0.4, 0.5) is 5.82 Å². The predicted octanol–water partition coefficient (Wildman–Crippen LogP) is 4.76. The summed E-state index contributed by atoms with van der Waals surface area (Å²) in [6.45, 7) is 5.35. The average Bonchev–Trinajstić information content (AvgIpc) is 2.61. The minimum absolute atomic E-state index is 0. The number of unbranched alkanes of at least 4 members (excludes halogenated alkanes) is 1. The molecule has 2 heterocycles. The van der Waals surface area contributed by atoms with Gasteiger partial charge < -0.3 is 10.1 Å². The molecule has 0 unspecified atom stereocenters. The van der Waals surface area contributed by atoms with Crippen LogP contribution in [0.25, 0.3) is 10.9 Å². The first-order chi connectivity index (χ1) is 11.8. The Bertz CT molecular complexity index is 814. The number of nitrogens with zero attached hydrogens (tertiary/aromatic N) is 3. The summed E-state index contributed by atoms with van der Waals surface area (Å²) in [6, 6.07) is 10.1. The van der Waals surface area contributed by atoms with E-state index in [1.54, 1.807) is 12.4 Å². The van der Waals surface area contributed by atoms with Crippen molar-refractivity contribution in [1.29, 1.82) is 0 Å². The zero-order chi connectivity index (χ0) is 16.8. The number of benzene rings is 1. The Morgan fingerprint density at radius 2 is 1.96 bits per heavy atom. The minimum atomic E-state index is 0. The van der Waals surface area contributed by atoms with Crippen LogP contribution in [0.5, 0.6) is 5.75 Å². The lowest BCUT2D eigenvalue weighted by Gasteiger charge is -2.13. The molecule has 3 rings (SSSR count). The molecule has 0 bridgehead atoms. The summed E-state index contributed by atoms with van der Waals surface area (Å²) < 4.78 is 5.99. The number of rotatable bonds is 7. The molecular weight excluding hydrogens is 312 g/mol. The molecule has 25 heavy (non-hydrogen) atoms. The van der Waals surface area contributed by atoms with Crippen LogP contribution in [0, 0.1) is 6.92 Å². The van der Waals surface area contributed by atoms with Crippen molar-refractivity contribution in [2.75, 3.05) is 11.9 Å². The van der Waals surface area contributed by atoms with Gasteiger partial charge in [-0.15, -0.1) is 0 Å². The molecule has 0 saturated carbocycles. The van der Waals surface area contributed by atoms with Crippen LogP contribution >= 0.6 is 0 Å². The molecule has 1 N–H and O–H groups in total. The smallest absolute Gasteiger partial charge is 0.180 e. The van der Waals surface area contributed by atoms with Gasteiger partial charge in [0, 0.05) is 23.7 Å². The lowest BCUT2D eigenvalue weighted by Crippen LogP contribution is -2.08. The molecule has 0 atom stereocenters. The van der Waals surface area contributed by atoms with E-state index >= 15 is 0 Å². The Morgan fingerprint density at radius 1 is 1.12 bits per heavy atom. The molecule has 3 aromatic rings. The van der Waals surface area contributed by atoms with Gasteiger partial charge >= 0.3 is 0 Å². The number of nitrogens with one attached hydrogen (secondary N) is 1. The second kappa shape index (κ2) is 8.97. The Kier molecular flexibility index (Phi) is 6.69. The quantitative estimate of drug-likeness (QED) is 0.629. The third-order valence-corrected chi connectivity index (χ3v) is 3.80. The van der Waals surface area contributed by atoms with Crippen molar-refractivity contribution < 1.29 is 4.74 Å². The minimum Gasteiger partial charge on any atom is -0.483 e. The molecule has 0 aliphatic carbocycles. The zero-order valence-corrected chi connectivity index (χ0v) is 14.1. The molecule has 0 fully saturated rings. The van der Waals surface area contributed by atoms with E-state index in [4.69, 9.17) is 4.74 Å². The maximum atomic E-state index is 5.99. The maximum absolute atomic E-state index is 5.99. The van der Waals surface area contributed by atoms with E-state index in [2.05, 4.69) is 39.3 Å². The predicted molar refractivity (Wildman–Crippen MR) is 103 cm³/mol. The molecule has 0 aliphatic rings. The molecule has 0 aliphatic heterocycles. The van der Waals surface area contributed by atoms with Crippen molar-refractivity contribution >= 4 is 16.7 Å². The summed E-state index contributed by atoms with van der Waals surface area (Å²) in [6.07, 6.45) is 5.76. The highest BCUT2D eigenvalue weighted by Crippen LogP contribution is 2.24. The summed E-state index contributed by atoms with van der Waals surface area (Å²) in [7, 11) is 0. The molecule has 5 heteroatoms. The van der Waals surface area contributed by atoms with E-state index in [1.165, 1.54) is 0 Å². The number of aryl methyl sites for hydroxylation is 1. The second-order valence-corrected chi connectivity index (χ2v) is 5.69. The van der Waals surface area contributed by atoms with Gasteiger partial charge in [-0.1, -0.05) is 45.0 Å². The van der Waals surface area contributed by atoms with Crippen molar-refractivity contribution in [2.24, 2.45) is 0 Å². The number of pyridine rings is 1. The zero-order valence-electron chi connectivity index (χ0n) is 14.1. The van der Waals surface area contributed by atoms with Gasteiger partial charge in [0.05, 0.1) is 11.7 Å². The number of ether oxygens (including phenoxy) is 1. The maximum Gasteiger partial charge on any atom is 0.180 e. The fraction of sp³-hybridized carbons (Fsp3) is 0.350. The number of fused-ring (bicyclic) bond motifs is 1. The highest BCUT2D eigenvalue weighted by atomic mass is 16.5. The first kappa shape index (κ1) is 18.6. The second-order valence-electron chi connectivity index (χ2n) is 5.69. The van der Waals surface area contributed by atoms with Crippen molar-refractivity contribution in [3.05, 3.63) is 54.1 Å². The molecule has 0 amide bonds. The SMILES string of the molecule is C.CCCCNc1nc(C)ncc1OCc1cccc2cccnc12. The van der Waals surface area contributed by atoms with Crippen molar-refractivity contribution in [1.82, 2.24) is 15.0 Å². The molecule has 2 aromatic heterocycles. The van der Waals surface area contributed by atoms with Crippen molar-refractivity contribution in [3.63, 3.8) is 0 Å². The monoisotopic (exact) mass is 338 g/mol. The van der Waals surface area contributed by atoms with Gasteiger partial charge in [0.15, 0.2) is 11.6 Å². The number of anilines is 1. The van der Waals surface area contributed by atoms with Gasteiger partial charge in [-0.2, -0.15) is 0 Å². The van der Waals surface area contributed by atoms with Gasteiger partial charge in [0.2, 0.25) is 0 Å². The first-order valence-electron chi connectivity index (χ1n) is 8.31. The standard InChI is InChI=1S/C19H22N4O.CH4/c1-3-4-10-21-19-17(12-22-14(2)23-19)24-13-16-8-5-7-15-9-6-11-20-18(15)16;/h5-9,11-12H,3-4,10,13H2,1-2H3,(H,21,22,23);1H4. The molecule has 132 valence electrons. The van der Waals surface area contributed by atoms with Gasteiger partial charge in [0.1, 0.15) is 12.4 Å². The van der Waals surface area contributed by atoms with Gasteiger partial charge in [0.25, 0.3) is 0 Å². The van der Waals surface area contributed by atoms with E-state index in [1.807, 2.05) is 25.1 Å². The Labute approximate surface area is 149 Å². The van der Waals surface area contributed by atoms with Crippen LogP contribution in [-0.4, -0.2) is 21.5 Å². The van der Waals surface area contributed by atoms with Crippen molar-refractivity contribution in [2.45, 2.75) is 40.7 Å². The summed E-state index contributed by atoms with van der Waals surface area (Å²) >= 11 is 0. The fourth-order valence-corrected chi connectivity index (χ4v) is 2.51. The molecule has 5 nitrogen and oxygen atoms in total. The highest BCUT2D eigenvalue weighted by Gasteiger charge is 2.08. The number of hydrogen-bond acceptors (Lipinski definition) is 5. The van der Waals surface area contributed by atoms with Crippen LogP contribution in [0.2, 0.25) is 0 Å². The van der Waals surface area contributed by atoms with Crippen LogP contribution in [0.1, 0.15) is 38.6 Å². The molecule has 0 radical (unpaired) electrons. The van der Waals surface area contributed by atoms with E-state index in [9.17, 15) is 0 Å². The van der Waals surface area contributed by atoms with Crippen LogP contribution < -0.4 is 10.1 Å². The van der Waals surface area contributed by atoms with Crippen molar-refractivity contribution in [3.8, 4) is 5.75 Å². The largest absolute Gasteiger partial charge is 0.483 e. The summed E-state index contributed by atoms with van der Waals surface area (Å²) in [5.41, 5.74) is 2.02. The molecule has 0 spiro atoms. The summed E-state index contributed by atoms with van der Waals surface area (Å²) in [4.78, 5) is 13.2. The summed E-state index contributed by atoms with van der Waals surface area (Å²) in [5.74, 6) is 2.15. The molecular formula is C20H26N4O. The van der Waals surface area contributed by atoms with E-state index in [-0.39, 0.29) is 7.43 Å². The normalized spacial score (nSPS) is 10.3. The third-order valence-electron chi connectivity index (χ3n) is 3.80. The van der Waals surface area contributed by atoms with E-state index in [0.29, 0.717) is 12.4 Å². The van der Waals surface area contributed by atoms with Gasteiger partial charge in [-0.3, -0.25) is 4.98 Å². The Morgan fingerprint density at radius 3 is 2.80 bits per heavy atom. The summed E-state index contributed by atoms with van der Waals surface area (Å²) in [5, 5.41) is 4.45. The first-order valence-corrected chi connectivity index (χ1v) is 8.31. The lowest BCUT2D eigenvalue weighted by molar-refractivity contribution is 0.306. The fourth-order valence-electron chi connectivity index (χ4n) is 2.51. The van der Waals surface area contributed by atoms with Crippen LogP contribution in [0.15, 0.2) is 42.7 Å². The molecule has 1 aromatic carbocycles. The molecule has 0 saturated heterocycles. The van der Waals surface area contributed by atoms with Gasteiger partial charge in [-0.25, -0.2) is 9.97 Å². The van der Waals surface area contributed by atoms with Crippen LogP contribution in [0.3, 0.4) is 0 Å².